The summed E-state index contributed by atoms with van der Waals surface area (Å²) in [5, 5.41) is 3.79. The van der Waals surface area contributed by atoms with Crippen LogP contribution in [0.15, 0.2) is 42.5 Å². The van der Waals surface area contributed by atoms with Crippen LogP contribution in [0.3, 0.4) is 0 Å². The minimum atomic E-state index is -0.598. The van der Waals surface area contributed by atoms with E-state index in [1.165, 1.54) is 11.3 Å². The smallest absolute Gasteiger partial charge is 0.413 e. The normalized spacial score (nSPS) is 14.6. The van der Waals surface area contributed by atoms with Crippen molar-refractivity contribution in [1.29, 1.82) is 0 Å². The van der Waals surface area contributed by atoms with Gasteiger partial charge in [-0.1, -0.05) is 35.1 Å². The van der Waals surface area contributed by atoms with Crippen LogP contribution in [0.2, 0.25) is 5.02 Å². The topological polar surface area (TPSA) is 84.0 Å². The van der Waals surface area contributed by atoms with Gasteiger partial charge in [0, 0.05) is 36.9 Å². The van der Waals surface area contributed by atoms with Gasteiger partial charge in [-0.25, -0.2) is 9.78 Å². The fourth-order valence-electron chi connectivity index (χ4n) is 3.86. The Morgan fingerprint density at radius 3 is 2.58 bits per heavy atom. The third-order valence-corrected chi connectivity index (χ3v) is 6.79. The first-order chi connectivity index (χ1) is 17.2. The molecule has 1 fully saturated rings. The van der Waals surface area contributed by atoms with Crippen molar-refractivity contribution in [2.75, 3.05) is 49.6 Å². The lowest BCUT2D eigenvalue weighted by Crippen LogP contribution is -2.43. The summed E-state index contributed by atoms with van der Waals surface area (Å²) in [5.41, 5.74) is 1.85. The molecule has 1 N–H and O–H groups in total. The molecule has 1 saturated heterocycles. The number of benzene rings is 2. The molecule has 192 valence electrons. The third-order valence-electron chi connectivity index (χ3n) is 5.60. The highest BCUT2D eigenvalue weighted by Gasteiger charge is 2.21. The van der Waals surface area contributed by atoms with Crippen molar-refractivity contribution < 1.29 is 19.1 Å². The number of anilines is 2. The molecule has 1 aromatic heterocycles. The Bertz CT molecular complexity index is 1200. The molecule has 0 aliphatic carbocycles. The number of carbonyl (C=O) groups excluding carboxylic acids is 2. The van der Waals surface area contributed by atoms with Gasteiger partial charge in [-0.15, -0.1) is 0 Å². The molecule has 3 aromatic rings. The van der Waals surface area contributed by atoms with Crippen LogP contribution >= 0.6 is 22.9 Å². The average Bonchev–Trinajstić information content (AvgIpc) is 3.21. The van der Waals surface area contributed by atoms with E-state index in [4.69, 9.17) is 21.1 Å². The molecule has 0 unspecified atom stereocenters. The molecule has 2 amide bonds. The van der Waals surface area contributed by atoms with Gasteiger partial charge in [0.15, 0.2) is 5.13 Å². The first-order valence-electron chi connectivity index (χ1n) is 11.9. The van der Waals surface area contributed by atoms with Gasteiger partial charge in [-0.05, 0) is 56.7 Å². The van der Waals surface area contributed by atoms with Crippen molar-refractivity contribution >= 4 is 56.0 Å². The molecule has 2 aromatic carbocycles. The number of rotatable bonds is 7. The number of amides is 2. The summed E-state index contributed by atoms with van der Waals surface area (Å²) in [6, 6.07) is 13.1. The summed E-state index contributed by atoms with van der Waals surface area (Å²) in [5.74, 6) is 0.00144. The fourth-order valence-corrected chi connectivity index (χ4v) is 4.87. The molecular formula is C26H31ClN4O4S. The number of nitrogens with one attached hydrogen (secondary N) is 1. The van der Waals surface area contributed by atoms with Gasteiger partial charge in [0.25, 0.3) is 0 Å². The summed E-state index contributed by atoms with van der Waals surface area (Å²) >= 11 is 7.36. The predicted molar refractivity (Wildman–Crippen MR) is 144 cm³/mol. The largest absolute Gasteiger partial charge is 0.444 e. The second-order valence-electron chi connectivity index (χ2n) is 9.60. The Hall–Kier alpha value is -2.72. The summed E-state index contributed by atoms with van der Waals surface area (Å²) in [6.07, 6.45) is -0.279. The minimum Gasteiger partial charge on any atom is -0.444 e. The molecule has 0 spiro atoms. The van der Waals surface area contributed by atoms with Crippen LogP contribution in [-0.2, 0) is 20.7 Å². The lowest BCUT2D eigenvalue weighted by atomic mass is 10.1. The zero-order chi connectivity index (χ0) is 25.7. The van der Waals surface area contributed by atoms with E-state index in [0.29, 0.717) is 29.9 Å². The minimum absolute atomic E-state index is 0.00144. The number of fused-ring (bicyclic) bond motifs is 1. The summed E-state index contributed by atoms with van der Waals surface area (Å²) in [6.45, 7) is 9.86. The highest BCUT2D eigenvalue weighted by Crippen LogP contribution is 2.30. The van der Waals surface area contributed by atoms with Crippen LogP contribution in [-0.4, -0.2) is 66.9 Å². The van der Waals surface area contributed by atoms with Crippen molar-refractivity contribution in [2.45, 2.75) is 32.8 Å². The van der Waals surface area contributed by atoms with Crippen LogP contribution < -0.4 is 10.2 Å². The van der Waals surface area contributed by atoms with E-state index >= 15 is 0 Å². The lowest BCUT2D eigenvalue weighted by Gasteiger charge is -2.30. The first kappa shape index (κ1) is 26.3. The zero-order valence-electron chi connectivity index (χ0n) is 20.8. The van der Waals surface area contributed by atoms with E-state index in [9.17, 15) is 9.59 Å². The molecule has 4 rings (SSSR count). The predicted octanol–water partition coefficient (Wildman–Crippen LogP) is 5.20. The quantitative estimate of drug-likeness (QED) is 0.452. The van der Waals surface area contributed by atoms with E-state index in [0.717, 1.165) is 41.1 Å². The van der Waals surface area contributed by atoms with E-state index in [-0.39, 0.29) is 12.3 Å². The van der Waals surface area contributed by atoms with Gasteiger partial charge in [0.1, 0.15) is 5.60 Å². The molecular weight excluding hydrogens is 500 g/mol. The van der Waals surface area contributed by atoms with E-state index in [1.54, 1.807) is 12.1 Å². The highest BCUT2D eigenvalue weighted by molar-refractivity contribution is 7.22. The maximum Gasteiger partial charge on any atom is 0.413 e. The molecule has 0 radical (unpaired) electrons. The Morgan fingerprint density at radius 2 is 1.89 bits per heavy atom. The van der Waals surface area contributed by atoms with E-state index < -0.39 is 11.7 Å². The second-order valence-corrected chi connectivity index (χ2v) is 11.1. The number of ether oxygens (including phenoxy) is 2. The number of nitrogens with zero attached hydrogens (tertiary/aromatic N) is 3. The molecule has 0 atom stereocenters. The van der Waals surface area contributed by atoms with Crippen molar-refractivity contribution in [2.24, 2.45) is 0 Å². The van der Waals surface area contributed by atoms with Crippen LogP contribution in [0.4, 0.5) is 15.6 Å². The monoisotopic (exact) mass is 530 g/mol. The molecule has 0 bridgehead atoms. The highest BCUT2D eigenvalue weighted by atomic mass is 35.5. The molecule has 1 aliphatic heterocycles. The van der Waals surface area contributed by atoms with Crippen molar-refractivity contribution in [3.8, 4) is 0 Å². The van der Waals surface area contributed by atoms with E-state index in [1.807, 2.05) is 56.0 Å². The third kappa shape index (κ3) is 7.39. The number of carbonyl (C=O) groups is 2. The summed E-state index contributed by atoms with van der Waals surface area (Å²) in [4.78, 5) is 34.2. The van der Waals surface area contributed by atoms with Crippen molar-refractivity contribution in [3.63, 3.8) is 0 Å². The SMILES string of the molecule is CC(C)(C)OC(=O)Nc1nc2ccc(N(CCN3CCOCC3)C(=O)Cc3ccc(Cl)cc3)cc2s1. The number of hydrogen-bond acceptors (Lipinski definition) is 7. The van der Waals surface area contributed by atoms with Crippen LogP contribution in [0.5, 0.6) is 0 Å². The number of morpholine rings is 1. The molecule has 1 aliphatic rings. The van der Waals surface area contributed by atoms with Gasteiger partial charge in [0.05, 0.1) is 29.9 Å². The summed E-state index contributed by atoms with van der Waals surface area (Å²) < 4.78 is 11.7. The Balaban J connectivity index is 1.53. The van der Waals surface area contributed by atoms with Crippen molar-refractivity contribution in [3.05, 3.63) is 53.1 Å². The van der Waals surface area contributed by atoms with E-state index in [2.05, 4.69) is 15.2 Å². The molecule has 2 heterocycles. The number of hydrogen-bond donors (Lipinski definition) is 1. The maximum absolute atomic E-state index is 13.5. The maximum atomic E-state index is 13.5. The van der Waals surface area contributed by atoms with Gasteiger partial charge in [0.2, 0.25) is 5.91 Å². The standard InChI is InChI=1S/C26H31ClN4O4S/c1-26(2,3)35-25(33)29-24-28-21-9-8-20(17-22(21)36-24)31(11-10-30-12-14-34-15-13-30)23(32)16-18-4-6-19(27)7-5-18/h4-9,17H,10-16H2,1-3H3,(H,28,29,33). The van der Waals surface area contributed by atoms with Gasteiger partial charge < -0.3 is 14.4 Å². The molecule has 0 saturated carbocycles. The zero-order valence-corrected chi connectivity index (χ0v) is 22.3. The van der Waals surface area contributed by atoms with Crippen LogP contribution in [0.25, 0.3) is 10.2 Å². The van der Waals surface area contributed by atoms with Gasteiger partial charge >= 0.3 is 6.09 Å². The number of thiazole rings is 1. The second kappa shape index (κ2) is 11.6. The fraction of sp³-hybridized carbons (Fsp3) is 0.423. The van der Waals surface area contributed by atoms with Crippen molar-refractivity contribution in [1.82, 2.24) is 9.88 Å². The lowest BCUT2D eigenvalue weighted by molar-refractivity contribution is -0.118. The number of aromatic nitrogens is 1. The van der Waals surface area contributed by atoms with Crippen LogP contribution in [0, 0.1) is 0 Å². The van der Waals surface area contributed by atoms with Gasteiger partial charge in [-0.3, -0.25) is 15.0 Å². The van der Waals surface area contributed by atoms with Gasteiger partial charge in [-0.2, -0.15) is 0 Å². The molecule has 8 nitrogen and oxygen atoms in total. The number of halogens is 1. The molecule has 10 heteroatoms. The Labute approximate surface area is 220 Å². The Kier molecular flexibility index (Phi) is 8.46. The average molecular weight is 531 g/mol. The summed E-state index contributed by atoms with van der Waals surface area (Å²) in [7, 11) is 0. The molecule has 36 heavy (non-hydrogen) atoms. The van der Waals surface area contributed by atoms with Crippen LogP contribution in [0.1, 0.15) is 26.3 Å². The first-order valence-corrected chi connectivity index (χ1v) is 13.1. The Morgan fingerprint density at radius 1 is 1.17 bits per heavy atom.